The minimum absolute atomic E-state index is 0.0450. The molecule has 0 heterocycles. The molecule has 3 nitrogen and oxygen atoms in total. The zero-order valence-corrected chi connectivity index (χ0v) is 11.5. The number of amides is 1. The first-order valence-corrected chi connectivity index (χ1v) is 5.97. The van der Waals surface area contributed by atoms with Crippen LogP contribution in [0.2, 0.25) is 0 Å². The van der Waals surface area contributed by atoms with Gasteiger partial charge in [-0.05, 0) is 44.0 Å². The lowest BCUT2D eigenvalue weighted by atomic mass is 10.1. The van der Waals surface area contributed by atoms with E-state index in [9.17, 15) is 4.79 Å². The number of rotatable bonds is 3. The van der Waals surface area contributed by atoms with Crippen LogP contribution < -0.4 is 10.1 Å². The van der Waals surface area contributed by atoms with E-state index in [1.807, 2.05) is 26.0 Å². The summed E-state index contributed by atoms with van der Waals surface area (Å²) in [6.07, 6.45) is 0. The van der Waals surface area contributed by atoms with Gasteiger partial charge in [-0.3, -0.25) is 4.79 Å². The highest BCUT2D eigenvalue weighted by Crippen LogP contribution is 2.26. The summed E-state index contributed by atoms with van der Waals surface area (Å²) in [6, 6.07) is 3.81. The van der Waals surface area contributed by atoms with Gasteiger partial charge in [-0.1, -0.05) is 15.9 Å². The van der Waals surface area contributed by atoms with Gasteiger partial charge in [-0.15, -0.1) is 0 Å². The summed E-state index contributed by atoms with van der Waals surface area (Å²) in [5.41, 5.74) is 2.86. The highest BCUT2D eigenvalue weighted by atomic mass is 79.9. The summed E-state index contributed by atoms with van der Waals surface area (Å²) in [6.45, 7) is 5.69. The van der Waals surface area contributed by atoms with Gasteiger partial charge in [-0.25, -0.2) is 0 Å². The van der Waals surface area contributed by atoms with Gasteiger partial charge in [-0.2, -0.15) is 0 Å². The molecular weight excluding hydrogens is 270 g/mol. The van der Waals surface area contributed by atoms with Crippen LogP contribution in [0.3, 0.4) is 0 Å². The van der Waals surface area contributed by atoms with Crippen molar-refractivity contribution in [1.82, 2.24) is 0 Å². The van der Waals surface area contributed by atoms with Crippen molar-refractivity contribution in [1.29, 1.82) is 0 Å². The van der Waals surface area contributed by atoms with Crippen LogP contribution in [0.5, 0.6) is 5.75 Å². The standard InChI is InChI=1S/C12H16BrNO2/c1-7-5-10(16-4)6-8(2)11(7)14-12(15)9(3)13/h5-6,9H,1-4H3,(H,14,15). The predicted molar refractivity (Wildman–Crippen MR) is 69.5 cm³/mol. The smallest absolute Gasteiger partial charge is 0.237 e. The molecule has 0 spiro atoms. The second-order valence-corrected chi connectivity index (χ2v) is 5.11. The molecule has 0 aliphatic carbocycles. The van der Waals surface area contributed by atoms with Crippen molar-refractivity contribution < 1.29 is 9.53 Å². The van der Waals surface area contributed by atoms with Crippen LogP contribution in [0.4, 0.5) is 5.69 Å². The zero-order chi connectivity index (χ0) is 12.3. The average Bonchev–Trinajstić information content (AvgIpc) is 2.22. The van der Waals surface area contributed by atoms with Crippen LogP contribution in [0.1, 0.15) is 18.1 Å². The first-order valence-electron chi connectivity index (χ1n) is 5.06. The molecule has 1 amide bonds. The molecule has 0 saturated carbocycles. The molecule has 1 aromatic carbocycles. The lowest BCUT2D eigenvalue weighted by Gasteiger charge is -2.14. The number of nitrogens with one attached hydrogen (secondary N) is 1. The Hall–Kier alpha value is -1.03. The topological polar surface area (TPSA) is 38.3 Å². The van der Waals surface area contributed by atoms with Crippen LogP contribution in [0.25, 0.3) is 0 Å². The summed E-state index contributed by atoms with van der Waals surface area (Å²) in [5.74, 6) is 0.760. The maximum Gasteiger partial charge on any atom is 0.237 e. The van der Waals surface area contributed by atoms with Crippen LogP contribution in [-0.4, -0.2) is 17.8 Å². The molecule has 1 rings (SSSR count). The number of alkyl halides is 1. The second-order valence-electron chi connectivity index (χ2n) is 3.74. The maximum absolute atomic E-state index is 11.6. The number of halogens is 1. The Morgan fingerprint density at radius 1 is 1.38 bits per heavy atom. The normalized spacial score (nSPS) is 12.1. The maximum atomic E-state index is 11.6. The molecule has 0 aliphatic rings. The van der Waals surface area contributed by atoms with E-state index in [4.69, 9.17) is 4.74 Å². The summed E-state index contributed by atoms with van der Waals surface area (Å²) in [4.78, 5) is 11.4. The zero-order valence-electron chi connectivity index (χ0n) is 9.93. The van der Waals surface area contributed by atoms with Crippen molar-refractivity contribution in [2.24, 2.45) is 0 Å². The highest BCUT2D eigenvalue weighted by molar-refractivity contribution is 9.10. The molecule has 16 heavy (non-hydrogen) atoms. The molecule has 1 aromatic rings. The number of anilines is 1. The fourth-order valence-electron chi connectivity index (χ4n) is 1.46. The SMILES string of the molecule is COc1cc(C)c(NC(=O)C(C)Br)c(C)c1. The quantitative estimate of drug-likeness (QED) is 0.867. The Balaban J connectivity index is 3.01. The summed E-state index contributed by atoms with van der Waals surface area (Å²) in [7, 11) is 1.63. The van der Waals surface area contributed by atoms with Gasteiger partial charge in [0.15, 0.2) is 0 Å². The van der Waals surface area contributed by atoms with E-state index in [0.29, 0.717) is 0 Å². The summed E-state index contributed by atoms with van der Waals surface area (Å²) in [5, 5.41) is 2.89. The second kappa shape index (κ2) is 5.34. The molecule has 1 unspecified atom stereocenters. The number of aryl methyl sites for hydroxylation is 2. The molecule has 4 heteroatoms. The molecular formula is C12H16BrNO2. The molecule has 1 atom stereocenters. The molecule has 0 bridgehead atoms. The number of methoxy groups -OCH3 is 1. The van der Waals surface area contributed by atoms with E-state index in [1.54, 1.807) is 14.0 Å². The van der Waals surface area contributed by atoms with Crippen molar-refractivity contribution in [3.63, 3.8) is 0 Å². The van der Waals surface area contributed by atoms with Gasteiger partial charge < -0.3 is 10.1 Å². The third kappa shape index (κ3) is 2.98. The van der Waals surface area contributed by atoms with Gasteiger partial charge in [0.1, 0.15) is 5.75 Å². The lowest BCUT2D eigenvalue weighted by Crippen LogP contribution is -2.21. The lowest BCUT2D eigenvalue weighted by molar-refractivity contribution is -0.115. The predicted octanol–water partition coefficient (Wildman–Crippen LogP) is 3.03. The van der Waals surface area contributed by atoms with Crippen LogP contribution >= 0.6 is 15.9 Å². The number of hydrogen-bond acceptors (Lipinski definition) is 2. The minimum atomic E-state index is -0.201. The number of ether oxygens (including phenoxy) is 1. The molecule has 0 fully saturated rings. The number of carbonyl (C=O) groups excluding carboxylic acids is 1. The van der Waals surface area contributed by atoms with E-state index < -0.39 is 0 Å². The van der Waals surface area contributed by atoms with Crippen molar-refractivity contribution in [3.05, 3.63) is 23.3 Å². The molecule has 1 N–H and O–H groups in total. The highest BCUT2D eigenvalue weighted by Gasteiger charge is 2.12. The summed E-state index contributed by atoms with van der Waals surface area (Å²) < 4.78 is 5.16. The third-order valence-electron chi connectivity index (χ3n) is 2.35. The van der Waals surface area contributed by atoms with Crippen LogP contribution in [-0.2, 0) is 4.79 Å². The van der Waals surface area contributed by atoms with Crippen LogP contribution in [0, 0.1) is 13.8 Å². The van der Waals surface area contributed by atoms with Crippen LogP contribution in [0.15, 0.2) is 12.1 Å². The Morgan fingerprint density at radius 3 is 2.25 bits per heavy atom. The largest absolute Gasteiger partial charge is 0.497 e. The Bertz CT molecular complexity index is 379. The fourth-order valence-corrected chi connectivity index (χ4v) is 1.58. The molecule has 0 aliphatic heterocycles. The molecule has 0 aromatic heterocycles. The van der Waals surface area contributed by atoms with E-state index in [0.717, 1.165) is 22.6 Å². The van der Waals surface area contributed by atoms with Gasteiger partial charge >= 0.3 is 0 Å². The number of hydrogen-bond donors (Lipinski definition) is 1. The Kier molecular flexibility index (Phi) is 4.35. The minimum Gasteiger partial charge on any atom is -0.497 e. The van der Waals surface area contributed by atoms with Gasteiger partial charge in [0, 0.05) is 5.69 Å². The van der Waals surface area contributed by atoms with Crippen molar-refractivity contribution in [2.45, 2.75) is 25.6 Å². The average molecular weight is 286 g/mol. The summed E-state index contributed by atoms with van der Waals surface area (Å²) >= 11 is 3.24. The van der Waals surface area contributed by atoms with Crippen molar-refractivity contribution >= 4 is 27.5 Å². The Labute approximate surface area is 104 Å². The van der Waals surface area contributed by atoms with E-state index >= 15 is 0 Å². The number of carbonyl (C=O) groups is 1. The third-order valence-corrected chi connectivity index (χ3v) is 2.77. The van der Waals surface area contributed by atoms with E-state index in [1.165, 1.54) is 0 Å². The fraction of sp³-hybridized carbons (Fsp3) is 0.417. The number of benzene rings is 1. The van der Waals surface area contributed by atoms with E-state index in [2.05, 4.69) is 21.2 Å². The van der Waals surface area contributed by atoms with Gasteiger partial charge in [0.05, 0.1) is 11.9 Å². The van der Waals surface area contributed by atoms with Gasteiger partial charge in [0.2, 0.25) is 5.91 Å². The Morgan fingerprint density at radius 2 is 1.88 bits per heavy atom. The van der Waals surface area contributed by atoms with E-state index in [-0.39, 0.29) is 10.7 Å². The molecule has 88 valence electrons. The monoisotopic (exact) mass is 285 g/mol. The first-order chi connectivity index (χ1) is 7.45. The molecule has 0 radical (unpaired) electrons. The van der Waals surface area contributed by atoms with Gasteiger partial charge in [0.25, 0.3) is 0 Å². The van der Waals surface area contributed by atoms with Crippen molar-refractivity contribution in [3.8, 4) is 5.75 Å². The molecule has 0 saturated heterocycles. The van der Waals surface area contributed by atoms with Crippen molar-refractivity contribution in [2.75, 3.05) is 12.4 Å². The first kappa shape index (κ1) is 13.0.